The van der Waals surface area contributed by atoms with E-state index in [-0.39, 0.29) is 11.9 Å². The summed E-state index contributed by atoms with van der Waals surface area (Å²) in [5, 5.41) is 11.9. The molecule has 1 saturated heterocycles. The Morgan fingerprint density at radius 2 is 1.83 bits per heavy atom. The lowest BCUT2D eigenvalue weighted by atomic mass is 9.94. The van der Waals surface area contributed by atoms with Crippen LogP contribution < -0.4 is 10.2 Å². The summed E-state index contributed by atoms with van der Waals surface area (Å²) in [6, 6.07) is 20.1. The van der Waals surface area contributed by atoms with Gasteiger partial charge in [0, 0.05) is 41.5 Å². The van der Waals surface area contributed by atoms with Gasteiger partial charge >= 0.3 is 0 Å². The summed E-state index contributed by atoms with van der Waals surface area (Å²) >= 11 is 0. The molecule has 6 rings (SSSR count). The Balaban J connectivity index is 1.26. The largest absolute Gasteiger partial charge is 0.378 e. The second kappa shape index (κ2) is 10.1. The van der Waals surface area contributed by atoms with Crippen molar-refractivity contribution in [1.82, 2.24) is 20.5 Å². The summed E-state index contributed by atoms with van der Waals surface area (Å²) < 4.78 is 5.47. The standard InChI is InChI=1S/C29H31N5O2/c35-29(31-28(20-5-1-2-6-20)26-7-3-4-14-30-26)22-10-13-25-24(19-22)27(33-32-25)21-8-11-23(12-9-21)34-15-17-36-18-16-34/h3-4,7-14,19-20,28H,1-2,5-6,15-18H2,(H,31,35)(H,32,33)/t28-/m1/s1. The lowest BCUT2D eigenvalue weighted by molar-refractivity contribution is 0.0920. The summed E-state index contributed by atoms with van der Waals surface area (Å²) in [7, 11) is 0. The van der Waals surface area contributed by atoms with E-state index >= 15 is 0 Å². The SMILES string of the molecule is O=C(N[C@@H](c1ccccn1)C1CCCC1)c1ccc2[nH]nc(-c3ccc(N4CCOCC4)cc3)c2c1. The van der Waals surface area contributed by atoms with Crippen LogP contribution in [0.15, 0.2) is 66.9 Å². The molecular weight excluding hydrogens is 450 g/mol. The predicted octanol–water partition coefficient (Wildman–Crippen LogP) is 5.12. The predicted molar refractivity (Wildman–Crippen MR) is 141 cm³/mol. The number of aromatic amines is 1. The van der Waals surface area contributed by atoms with Gasteiger partial charge in [-0.3, -0.25) is 14.9 Å². The van der Waals surface area contributed by atoms with Crippen molar-refractivity contribution in [2.24, 2.45) is 5.92 Å². The molecule has 0 unspecified atom stereocenters. The fourth-order valence-electron chi connectivity index (χ4n) is 5.54. The van der Waals surface area contributed by atoms with Crippen LogP contribution in [0.2, 0.25) is 0 Å². The number of nitrogens with one attached hydrogen (secondary N) is 2. The Kier molecular flexibility index (Phi) is 6.38. The zero-order chi connectivity index (χ0) is 24.3. The van der Waals surface area contributed by atoms with Crippen LogP contribution >= 0.6 is 0 Å². The molecule has 1 saturated carbocycles. The van der Waals surface area contributed by atoms with Crippen molar-refractivity contribution in [2.75, 3.05) is 31.2 Å². The number of carbonyl (C=O) groups is 1. The van der Waals surface area contributed by atoms with E-state index in [2.05, 4.69) is 49.7 Å². The molecule has 2 fully saturated rings. The number of amides is 1. The van der Waals surface area contributed by atoms with Gasteiger partial charge in [0.1, 0.15) is 0 Å². The number of fused-ring (bicyclic) bond motifs is 1. The number of carbonyl (C=O) groups excluding carboxylic acids is 1. The third-order valence-electron chi connectivity index (χ3n) is 7.51. The van der Waals surface area contributed by atoms with Crippen molar-refractivity contribution in [3.8, 4) is 11.3 Å². The minimum atomic E-state index is -0.0755. The number of aromatic nitrogens is 3. The highest BCUT2D eigenvalue weighted by Gasteiger charge is 2.29. The van der Waals surface area contributed by atoms with Gasteiger partial charge in [0.15, 0.2) is 0 Å². The fourth-order valence-corrected chi connectivity index (χ4v) is 5.54. The maximum Gasteiger partial charge on any atom is 0.251 e. The number of rotatable bonds is 6. The third-order valence-corrected chi connectivity index (χ3v) is 7.51. The number of pyridine rings is 1. The van der Waals surface area contributed by atoms with Crippen molar-refractivity contribution in [3.63, 3.8) is 0 Å². The van der Waals surface area contributed by atoms with Crippen LogP contribution in [-0.4, -0.2) is 47.4 Å². The Bertz CT molecular complexity index is 1320. The fraction of sp³-hybridized carbons (Fsp3) is 0.345. The molecule has 36 heavy (non-hydrogen) atoms. The Morgan fingerprint density at radius 1 is 1.03 bits per heavy atom. The Hall–Kier alpha value is -3.71. The van der Waals surface area contributed by atoms with Crippen LogP contribution in [0.25, 0.3) is 22.2 Å². The van der Waals surface area contributed by atoms with E-state index in [9.17, 15) is 4.79 Å². The maximum atomic E-state index is 13.4. The average Bonchev–Trinajstić information content (AvgIpc) is 3.63. The number of benzene rings is 2. The van der Waals surface area contributed by atoms with Gasteiger partial charge in [-0.15, -0.1) is 0 Å². The van der Waals surface area contributed by atoms with Gasteiger partial charge in [-0.1, -0.05) is 31.0 Å². The molecule has 2 aromatic carbocycles. The van der Waals surface area contributed by atoms with E-state index in [1.807, 2.05) is 36.4 Å². The minimum absolute atomic E-state index is 0.0748. The number of ether oxygens (including phenoxy) is 1. The first-order valence-corrected chi connectivity index (χ1v) is 12.9. The molecule has 0 spiro atoms. The van der Waals surface area contributed by atoms with Crippen LogP contribution in [-0.2, 0) is 4.74 Å². The number of H-pyrrole nitrogens is 1. The van der Waals surface area contributed by atoms with Crippen LogP contribution in [0.5, 0.6) is 0 Å². The average molecular weight is 482 g/mol. The van der Waals surface area contributed by atoms with Crippen LogP contribution in [0.3, 0.4) is 0 Å². The van der Waals surface area contributed by atoms with Crippen molar-refractivity contribution < 1.29 is 9.53 Å². The lowest BCUT2D eigenvalue weighted by Gasteiger charge is -2.28. The summed E-state index contributed by atoms with van der Waals surface area (Å²) in [5.41, 5.74) is 5.54. The molecule has 7 nitrogen and oxygen atoms in total. The molecular formula is C29H31N5O2. The zero-order valence-electron chi connectivity index (χ0n) is 20.3. The highest BCUT2D eigenvalue weighted by Crippen LogP contribution is 2.35. The van der Waals surface area contributed by atoms with Crippen LogP contribution in [0.4, 0.5) is 5.69 Å². The highest BCUT2D eigenvalue weighted by molar-refractivity contribution is 6.01. The normalized spacial score (nSPS) is 17.4. The van der Waals surface area contributed by atoms with Crippen molar-refractivity contribution in [1.29, 1.82) is 0 Å². The molecule has 1 aliphatic heterocycles. The van der Waals surface area contributed by atoms with Gasteiger partial charge in [-0.05, 0) is 61.2 Å². The van der Waals surface area contributed by atoms with E-state index in [1.54, 1.807) is 6.20 Å². The van der Waals surface area contributed by atoms with Gasteiger partial charge in [0.05, 0.1) is 36.2 Å². The second-order valence-corrected chi connectivity index (χ2v) is 9.73. The molecule has 1 amide bonds. The molecule has 1 aliphatic carbocycles. The van der Waals surface area contributed by atoms with Crippen LogP contribution in [0.1, 0.15) is 47.8 Å². The number of anilines is 1. The molecule has 0 radical (unpaired) electrons. The van der Waals surface area contributed by atoms with Gasteiger partial charge in [-0.2, -0.15) is 5.10 Å². The molecule has 2 aromatic heterocycles. The first-order chi connectivity index (χ1) is 17.8. The molecule has 1 atom stereocenters. The van der Waals surface area contributed by atoms with E-state index in [4.69, 9.17) is 4.74 Å². The molecule has 3 heterocycles. The summed E-state index contributed by atoms with van der Waals surface area (Å²) in [6.07, 6.45) is 6.45. The quantitative estimate of drug-likeness (QED) is 0.399. The number of hydrogen-bond acceptors (Lipinski definition) is 5. The van der Waals surface area contributed by atoms with Crippen molar-refractivity contribution >= 4 is 22.5 Å². The Morgan fingerprint density at radius 3 is 2.58 bits per heavy atom. The van der Waals surface area contributed by atoms with Crippen molar-refractivity contribution in [2.45, 2.75) is 31.7 Å². The third kappa shape index (κ3) is 4.58. The monoisotopic (exact) mass is 481 g/mol. The zero-order valence-corrected chi connectivity index (χ0v) is 20.3. The molecule has 0 bridgehead atoms. The summed E-state index contributed by atoms with van der Waals surface area (Å²) in [5.74, 6) is 0.344. The van der Waals surface area contributed by atoms with E-state index in [0.717, 1.165) is 67.0 Å². The summed E-state index contributed by atoms with van der Waals surface area (Å²) in [4.78, 5) is 20.3. The first-order valence-electron chi connectivity index (χ1n) is 12.9. The van der Waals surface area contributed by atoms with Crippen LogP contribution in [0, 0.1) is 5.92 Å². The second-order valence-electron chi connectivity index (χ2n) is 9.73. The number of hydrogen-bond donors (Lipinski definition) is 2. The Labute approximate surface area is 210 Å². The van der Waals surface area contributed by atoms with E-state index in [1.165, 1.54) is 18.5 Å². The van der Waals surface area contributed by atoms with Crippen molar-refractivity contribution in [3.05, 3.63) is 78.1 Å². The maximum absolute atomic E-state index is 13.4. The number of morpholine rings is 1. The first kappa shape index (κ1) is 22.7. The van der Waals surface area contributed by atoms with Gasteiger partial charge in [-0.25, -0.2) is 0 Å². The summed E-state index contributed by atoms with van der Waals surface area (Å²) in [6.45, 7) is 3.34. The molecule has 4 aromatic rings. The van der Waals surface area contributed by atoms with Gasteiger partial charge < -0.3 is 15.0 Å². The van der Waals surface area contributed by atoms with Gasteiger partial charge in [0.25, 0.3) is 5.91 Å². The number of nitrogens with zero attached hydrogens (tertiary/aromatic N) is 3. The minimum Gasteiger partial charge on any atom is -0.378 e. The lowest BCUT2D eigenvalue weighted by Crippen LogP contribution is -2.36. The van der Waals surface area contributed by atoms with Gasteiger partial charge in [0.2, 0.25) is 0 Å². The highest BCUT2D eigenvalue weighted by atomic mass is 16.5. The molecule has 2 aliphatic rings. The topological polar surface area (TPSA) is 83.1 Å². The van der Waals surface area contributed by atoms with E-state index < -0.39 is 0 Å². The molecule has 2 N–H and O–H groups in total. The molecule has 184 valence electrons. The van der Waals surface area contributed by atoms with E-state index in [0.29, 0.717) is 11.5 Å². The molecule has 7 heteroatoms. The smallest absolute Gasteiger partial charge is 0.251 e.